The van der Waals surface area contributed by atoms with Crippen molar-refractivity contribution in [2.75, 3.05) is 13.2 Å². The molecule has 4 heteroatoms. The Morgan fingerprint density at radius 2 is 2.05 bits per heavy atom. The molecule has 0 aromatic heterocycles. The van der Waals surface area contributed by atoms with Crippen LogP contribution in [-0.4, -0.2) is 24.2 Å². The first kappa shape index (κ1) is 14.4. The van der Waals surface area contributed by atoms with Gasteiger partial charge in [-0.05, 0) is 42.4 Å². The Balaban J connectivity index is 1.81. The number of fused-ring (bicyclic) bond motifs is 1. The van der Waals surface area contributed by atoms with Crippen molar-refractivity contribution in [3.8, 4) is 5.75 Å². The normalized spacial score (nSPS) is 27.0. The molecule has 2 aliphatic rings. The van der Waals surface area contributed by atoms with Crippen molar-refractivity contribution >= 4 is 5.91 Å². The smallest absolute Gasteiger partial charge is 0.255 e. The topological polar surface area (TPSA) is 58.6 Å². The summed E-state index contributed by atoms with van der Waals surface area (Å²) < 4.78 is 5.55. The summed E-state index contributed by atoms with van der Waals surface area (Å²) in [7, 11) is 0. The SMILES string of the molecule is CC1CCC(C(O)c2ccc3c(c2)C(=O)NCCO3)CC1. The van der Waals surface area contributed by atoms with Crippen LogP contribution in [0.25, 0.3) is 0 Å². The van der Waals surface area contributed by atoms with Crippen molar-refractivity contribution in [1.29, 1.82) is 0 Å². The predicted octanol–water partition coefficient (Wildman–Crippen LogP) is 2.67. The molecule has 1 amide bonds. The minimum absolute atomic E-state index is 0.117. The number of rotatable bonds is 2. The van der Waals surface area contributed by atoms with Crippen molar-refractivity contribution in [1.82, 2.24) is 5.32 Å². The van der Waals surface area contributed by atoms with E-state index in [0.29, 0.717) is 30.4 Å². The molecule has 1 aromatic rings. The fourth-order valence-electron chi connectivity index (χ4n) is 3.33. The fourth-order valence-corrected chi connectivity index (χ4v) is 3.33. The van der Waals surface area contributed by atoms with Crippen LogP contribution in [0.15, 0.2) is 18.2 Å². The molecular weight excluding hydrogens is 266 g/mol. The Hall–Kier alpha value is -1.55. The first-order chi connectivity index (χ1) is 10.1. The van der Waals surface area contributed by atoms with E-state index in [1.807, 2.05) is 12.1 Å². The highest BCUT2D eigenvalue weighted by molar-refractivity contribution is 5.97. The molecule has 1 atom stereocenters. The van der Waals surface area contributed by atoms with Crippen molar-refractivity contribution in [3.05, 3.63) is 29.3 Å². The summed E-state index contributed by atoms with van der Waals surface area (Å²) in [6.45, 7) is 3.28. The zero-order valence-corrected chi connectivity index (χ0v) is 12.5. The Morgan fingerprint density at radius 1 is 1.29 bits per heavy atom. The van der Waals surface area contributed by atoms with Gasteiger partial charge < -0.3 is 15.2 Å². The first-order valence-electron chi connectivity index (χ1n) is 7.88. The van der Waals surface area contributed by atoms with Gasteiger partial charge in [-0.1, -0.05) is 25.8 Å². The molecule has 114 valence electrons. The van der Waals surface area contributed by atoms with Gasteiger partial charge in [-0.3, -0.25) is 4.79 Å². The molecule has 4 nitrogen and oxygen atoms in total. The number of amides is 1. The summed E-state index contributed by atoms with van der Waals surface area (Å²) in [6.07, 6.45) is 3.98. The fraction of sp³-hybridized carbons (Fsp3) is 0.588. The lowest BCUT2D eigenvalue weighted by Gasteiger charge is -2.30. The maximum atomic E-state index is 12.0. The molecule has 0 bridgehead atoms. The highest BCUT2D eigenvalue weighted by Gasteiger charge is 2.27. The molecule has 0 radical (unpaired) electrons. The van der Waals surface area contributed by atoms with Crippen LogP contribution in [0.2, 0.25) is 0 Å². The molecule has 1 heterocycles. The van der Waals surface area contributed by atoms with Gasteiger partial charge in [0.2, 0.25) is 0 Å². The van der Waals surface area contributed by atoms with Crippen LogP contribution >= 0.6 is 0 Å². The largest absolute Gasteiger partial charge is 0.491 e. The van der Waals surface area contributed by atoms with Gasteiger partial charge in [0.15, 0.2) is 0 Å². The molecule has 3 rings (SSSR count). The van der Waals surface area contributed by atoms with Gasteiger partial charge in [-0.25, -0.2) is 0 Å². The van der Waals surface area contributed by atoms with E-state index in [1.165, 1.54) is 12.8 Å². The van der Waals surface area contributed by atoms with E-state index < -0.39 is 6.10 Å². The van der Waals surface area contributed by atoms with E-state index in [1.54, 1.807) is 6.07 Å². The molecule has 1 aliphatic heterocycles. The minimum atomic E-state index is -0.487. The van der Waals surface area contributed by atoms with E-state index >= 15 is 0 Å². The van der Waals surface area contributed by atoms with Gasteiger partial charge in [-0.2, -0.15) is 0 Å². The summed E-state index contributed by atoms with van der Waals surface area (Å²) in [6, 6.07) is 5.49. The molecule has 2 N–H and O–H groups in total. The van der Waals surface area contributed by atoms with E-state index in [9.17, 15) is 9.90 Å². The number of aliphatic hydroxyl groups is 1. The molecule has 0 saturated heterocycles. The average Bonchev–Trinajstić information content (AvgIpc) is 2.69. The maximum Gasteiger partial charge on any atom is 0.255 e. The summed E-state index contributed by atoms with van der Waals surface area (Å²) in [5.74, 6) is 1.56. The van der Waals surface area contributed by atoms with Gasteiger partial charge in [0.25, 0.3) is 5.91 Å². The molecular formula is C17H23NO3. The second-order valence-electron chi connectivity index (χ2n) is 6.32. The van der Waals surface area contributed by atoms with Crippen molar-refractivity contribution < 1.29 is 14.6 Å². The van der Waals surface area contributed by atoms with Gasteiger partial charge in [0.05, 0.1) is 18.2 Å². The Labute approximate surface area is 125 Å². The number of carbonyl (C=O) groups is 1. The van der Waals surface area contributed by atoms with E-state index in [4.69, 9.17) is 4.74 Å². The molecule has 1 aromatic carbocycles. The van der Waals surface area contributed by atoms with Crippen LogP contribution in [0.4, 0.5) is 0 Å². The monoisotopic (exact) mass is 289 g/mol. The second kappa shape index (κ2) is 6.06. The van der Waals surface area contributed by atoms with Gasteiger partial charge in [0, 0.05) is 0 Å². The lowest BCUT2D eigenvalue weighted by atomic mass is 9.78. The van der Waals surface area contributed by atoms with Crippen LogP contribution in [0.1, 0.15) is 54.6 Å². The van der Waals surface area contributed by atoms with Gasteiger partial charge in [0.1, 0.15) is 12.4 Å². The summed E-state index contributed by atoms with van der Waals surface area (Å²) >= 11 is 0. The van der Waals surface area contributed by atoms with Crippen LogP contribution in [0.3, 0.4) is 0 Å². The molecule has 1 saturated carbocycles. The van der Waals surface area contributed by atoms with Gasteiger partial charge in [-0.15, -0.1) is 0 Å². The first-order valence-corrected chi connectivity index (χ1v) is 7.88. The molecule has 0 spiro atoms. The Bertz CT molecular complexity index is 521. The Kier molecular flexibility index (Phi) is 4.15. The van der Waals surface area contributed by atoms with Crippen molar-refractivity contribution in [2.24, 2.45) is 11.8 Å². The lowest BCUT2D eigenvalue weighted by molar-refractivity contribution is 0.0754. The average molecular weight is 289 g/mol. The highest BCUT2D eigenvalue weighted by Crippen LogP contribution is 2.37. The Morgan fingerprint density at radius 3 is 2.81 bits per heavy atom. The van der Waals surface area contributed by atoms with Crippen molar-refractivity contribution in [3.63, 3.8) is 0 Å². The number of nitrogens with one attached hydrogen (secondary N) is 1. The van der Waals surface area contributed by atoms with E-state index in [0.717, 1.165) is 24.3 Å². The van der Waals surface area contributed by atoms with Crippen LogP contribution in [0, 0.1) is 11.8 Å². The number of hydrogen-bond donors (Lipinski definition) is 2. The van der Waals surface area contributed by atoms with Gasteiger partial charge >= 0.3 is 0 Å². The zero-order chi connectivity index (χ0) is 14.8. The zero-order valence-electron chi connectivity index (χ0n) is 12.5. The third kappa shape index (κ3) is 3.05. The number of benzene rings is 1. The maximum absolute atomic E-state index is 12.0. The quantitative estimate of drug-likeness (QED) is 0.880. The number of carbonyl (C=O) groups excluding carboxylic acids is 1. The number of ether oxygens (including phenoxy) is 1. The van der Waals surface area contributed by atoms with Crippen LogP contribution in [0.5, 0.6) is 5.75 Å². The lowest BCUT2D eigenvalue weighted by Crippen LogP contribution is -2.24. The third-order valence-electron chi connectivity index (χ3n) is 4.74. The summed E-state index contributed by atoms with van der Waals surface area (Å²) in [4.78, 5) is 12.0. The molecule has 1 unspecified atom stereocenters. The minimum Gasteiger partial charge on any atom is -0.491 e. The summed E-state index contributed by atoms with van der Waals surface area (Å²) in [5, 5.41) is 13.4. The number of aliphatic hydroxyl groups excluding tert-OH is 1. The highest BCUT2D eigenvalue weighted by atomic mass is 16.5. The molecule has 1 fully saturated rings. The van der Waals surface area contributed by atoms with E-state index in [2.05, 4.69) is 12.2 Å². The summed E-state index contributed by atoms with van der Waals surface area (Å²) in [5.41, 5.74) is 1.36. The third-order valence-corrected chi connectivity index (χ3v) is 4.74. The standard InChI is InChI=1S/C17H23NO3/c1-11-2-4-12(5-3-11)16(19)13-6-7-15-14(10-13)17(20)18-8-9-21-15/h6-7,10-12,16,19H,2-5,8-9H2,1H3,(H,18,20). The molecule has 21 heavy (non-hydrogen) atoms. The second-order valence-corrected chi connectivity index (χ2v) is 6.32. The van der Waals surface area contributed by atoms with E-state index in [-0.39, 0.29) is 5.91 Å². The van der Waals surface area contributed by atoms with Crippen LogP contribution in [-0.2, 0) is 0 Å². The van der Waals surface area contributed by atoms with Crippen molar-refractivity contribution in [2.45, 2.75) is 38.7 Å². The number of hydrogen-bond acceptors (Lipinski definition) is 3. The van der Waals surface area contributed by atoms with Crippen LogP contribution < -0.4 is 10.1 Å². The molecule has 1 aliphatic carbocycles. The predicted molar refractivity (Wildman–Crippen MR) is 80.4 cm³/mol.